The summed E-state index contributed by atoms with van der Waals surface area (Å²) in [6, 6.07) is 4.44. The zero-order chi connectivity index (χ0) is 14.5. The van der Waals surface area contributed by atoms with E-state index in [-0.39, 0.29) is 11.5 Å². The fraction of sp³-hybridized carbons (Fsp3) is 0.308. The summed E-state index contributed by atoms with van der Waals surface area (Å²) in [5, 5.41) is 12.7. The van der Waals surface area contributed by atoms with Crippen molar-refractivity contribution in [3.63, 3.8) is 0 Å². The van der Waals surface area contributed by atoms with Crippen LogP contribution in [0.25, 0.3) is 0 Å². The molecule has 0 saturated heterocycles. The number of hydrogen-bond donors (Lipinski definition) is 1. The minimum atomic E-state index is -2.95. The summed E-state index contributed by atoms with van der Waals surface area (Å²) in [7, 11) is 1.36. The number of alkyl halides is 2. The van der Waals surface area contributed by atoms with E-state index in [4.69, 9.17) is 4.74 Å². The SMILES string of the molecule is COc1ccc(C(O)Cc2nccs2)cc1OC(F)F. The Kier molecular flexibility index (Phi) is 4.86. The first-order valence-electron chi connectivity index (χ1n) is 5.79. The summed E-state index contributed by atoms with van der Waals surface area (Å²) in [4.78, 5) is 4.07. The first kappa shape index (κ1) is 14.7. The Balaban J connectivity index is 2.18. The van der Waals surface area contributed by atoms with Gasteiger partial charge < -0.3 is 14.6 Å². The van der Waals surface area contributed by atoms with Gasteiger partial charge in [-0.05, 0) is 17.7 Å². The lowest BCUT2D eigenvalue weighted by atomic mass is 10.1. The Morgan fingerprint density at radius 1 is 1.35 bits per heavy atom. The number of nitrogens with zero attached hydrogens (tertiary/aromatic N) is 1. The molecule has 0 saturated carbocycles. The van der Waals surface area contributed by atoms with Gasteiger partial charge in [-0.15, -0.1) is 11.3 Å². The minimum Gasteiger partial charge on any atom is -0.493 e. The van der Waals surface area contributed by atoms with Crippen LogP contribution in [0.5, 0.6) is 11.5 Å². The molecule has 1 N–H and O–H groups in total. The molecular weight excluding hydrogens is 288 g/mol. The van der Waals surface area contributed by atoms with E-state index in [1.54, 1.807) is 17.6 Å². The molecule has 0 amide bonds. The van der Waals surface area contributed by atoms with Crippen LogP contribution in [0.3, 0.4) is 0 Å². The number of aliphatic hydroxyl groups is 1. The van der Waals surface area contributed by atoms with Crippen molar-refractivity contribution in [1.82, 2.24) is 4.98 Å². The number of methoxy groups -OCH3 is 1. The largest absolute Gasteiger partial charge is 0.493 e. The van der Waals surface area contributed by atoms with Crippen LogP contribution in [0.4, 0.5) is 8.78 Å². The predicted octanol–water partition coefficient (Wildman–Crippen LogP) is 3.03. The van der Waals surface area contributed by atoms with E-state index in [1.807, 2.05) is 0 Å². The quantitative estimate of drug-likeness (QED) is 0.891. The van der Waals surface area contributed by atoms with Crippen LogP contribution in [-0.4, -0.2) is 23.8 Å². The molecule has 20 heavy (non-hydrogen) atoms. The van der Waals surface area contributed by atoms with E-state index in [1.165, 1.54) is 30.6 Å². The number of aromatic nitrogens is 1. The molecular formula is C13H13F2NO3S. The first-order chi connectivity index (χ1) is 9.60. The van der Waals surface area contributed by atoms with Gasteiger partial charge in [-0.2, -0.15) is 8.78 Å². The van der Waals surface area contributed by atoms with Gasteiger partial charge in [0.1, 0.15) is 0 Å². The van der Waals surface area contributed by atoms with Gasteiger partial charge in [-0.3, -0.25) is 0 Å². The van der Waals surface area contributed by atoms with E-state index in [0.29, 0.717) is 12.0 Å². The molecule has 1 aromatic heterocycles. The Bertz CT molecular complexity index is 549. The molecule has 108 valence electrons. The van der Waals surface area contributed by atoms with Crippen molar-refractivity contribution in [3.8, 4) is 11.5 Å². The predicted molar refractivity (Wildman–Crippen MR) is 70.4 cm³/mol. The molecule has 1 aromatic carbocycles. The number of aliphatic hydroxyl groups excluding tert-OH is 1. The average Bonchev–Trinajstić information content (AvgIpc) is 2.90. The van der Waals surface area contributed by atoms with Crippen molar-refractivity contribution in [2.45, 2.75) is 19.1 Å². The topological polar surface area (TPSA) is 51.6 Å². The van der Waals surface area contributed by atoms with Gasteiger partial charge in [-0.25, -0.2) is 4.98 Å². The lowest BCUT2D eigenvalue weighted by Crippen LogP contribution is -2.06. The maximum atomic E-state index is 12.3. The van der Waals surface area contributed by atoms with Gasteiger partial charge in [0.2, 0.25) is 0 Å². The van der Waals surface area contributed by atoms with E-state index in [0.717, 1.165) is 5.01 Å². The molecule has 0 fully saturated rings. The Hall–Kier alpha value is -1.73. The summed E-state index contributed by atoms with van der Waals surface area (Å²) in [5.41, 5.74) is 0.469. The van der Waals surface area contributed by atoms with Crippen LogP contribution in [-0.2, 0) is 6.42 Å². The van der Waals surface area contributed by atoms with Crippen molar-refractivity contribution in [2.75, 3.05) is 7.11 Å². The molecule has 0 aliphatic rings. The summed E-state index contributed by atoms with van der Waals surface area (Å²) < 4.78 is 34.0. The van der Waals surface area contributed by atoms with Gasteiger partial charge in [0.25, 0.3) is 0 Å². The van der Waals surface area contributed by atoms with E-state index < -0.39 is 12.7 Å². The highest BCUT2D eigenvalue weighted by atomic mass is 32.1. The highest BCUT2D eigenvalue weighted by Gasteiger charge is 2.16. The van der Waals surface area contributed by atoms with Gasteiger partial charge in [0, 0.05) is 18.0 Å². The maximum Gasteiger partial charge on any atom is 0.387 e. The number of ether oxygens (including phenoxy) is 2. The van der Waals surface area contributed by atoms with Crippen molar-refractivity contribution in [3.05, 3.63) is 40.3 Å². The molecule has 1 atom stereocenters. The van der Waals surface area contributed by atoms with Crippen molar-refractivity contribution in [2.24, 2.45) is 0 Å². The second kappa shape index (κ2) is 6.62. The van der Waals surface area contributed by atoms with Crippen LogP contribution < -0.4 is 9.47 Å². The molecule has 0 aliphatic carbocycles. The molecule has 1 heterocycles. The van der Waals surface area contributed by atoms with Crippen molar-refractivity contribution >= 4 is 11.3 Å². The number of thiazole rings is 1. The van der Waals surface area contributed by atoms with Crippen LogP contribution in [0.1, 0.15) is 16.7 Å². The van der Waals surface area contributed by atoms with Crippen LogP contribution in [0.2, 0.25) is 0 Å². The molecule has 0 radical (unpaired) electrons. The standard InChI is InChI=1S/C13H13F2NO3S/c1-18-10-3-2-8(6-11(10)19-13(14)15)9(17)7-12-16-4-5-20-12/h2-6,9,13,17H,7H2,1H3. The highest BCUT2D eigenvalue weighted by molar-refractivity contribution is 7.09. The molecule has 0 aliphatic heterocycles. The average molecular weight is 301 g/mol. The summed E-state index contributed by atoms with van der Waals surface area (Å²) >= 11 is 1.42. The molecule has 4 nitrogen and oxygen atoms in total. The fourth-order valence-corrected chi connectivity index (χ4v) is 2.38. The van der Waals surface area contributed by atoms with Crippen LogP contribution >= 0.6 is 11.3 Å². The zero-order valence-corrected chi connectivity index (χ0v) is 11.4. The normalized spacial score (nSPS) is 12.4. The Labute approximate surface area is 118 Å². The molecule has 0 spiro atoms. The molecule has 2 rings (SSSR count). The number of halogens is 2. The number of hydrogen-bond acceptors (Lipinski definition) is 5. The summed E-state index contributed by atoms with van der Waals surface area (Å²) in [5.74, 6) is 0.0914. The monoisotopic (exact) mass is 301 g/mol. The van der Waals surface area contributed by atoms with Crippen molar-refractivity contribution in [1.29, 1.82) is 0 Å². The number of rotatable bonds is 6. The van der Waals surface area contributed by atoms with Gasteiger partial charge in [-0.1, -0.05) is 6.07 Å². The van der Waals surface area contributed by atoms with E-state index >= 15 is 0 Å². The first-order valence-corrected chi connectivity index (χ1v) is 6.67. The summed E-state index contributed by atoms with van der Waals surface area (Å²) in [6.45, 7) is -2.95. The Morgan fingerprint density at radius 2 is 2.15 bits per heavy atom. The second-order valence-corrected chi connectivity index (χ2v) is 4.91. The van der Waals surface area contributed by atoms with Gasteiger partial charge in [0.15, 0.2) is 11.5 Å². The molecule has 0 bridgehead atoms. The molecule has 2 aromatic rings. The van der Waals surface area contributed by atoms with Crippen LogP contribution in [0.15, 0.2) is 29.8 Å². The lowest BCUT2D eigenvalue weighted by Gasteiger charge is -2.14. The zero-order valence-electron chi connectivity index (χ0n) is 10.6. The summed E-state index contributed by atoms with van der Waals surface area (Å²) in [6.07, 6.45) is 1.12. The van der Waals surface area contributed by atoms with Gasteiger partial charge >= 0.3 is 6.61 Å². The third-order valence-corrected chi connectivity index (χ3v) is 3.44. The maximum absolute atomic E-state index is 12.3. The van der Waals surface area contributed by atoms with Crippen LogP contribution in [0, 0.1) is 0 Å². The van der Waals surface area contributed by atoms with Gasteiger partial charge in [0.05, 0.1) is 18.2 Å². The fourth-order valence-electron chi connectivity index (χ4n) is 1.73. The van der Waals surface area contributed by atoms with Crippen molar-refractivity contribution < 1.29 is 23.4 Å². The third kappa shape index (κ3) is 3.64. The van der Waals surface area contributed by atoms with E-state index in [9.17, 15) is 13.9 Å². The second-order valence-electron chi connectivity index (χ2n) is 3.93. The smallest absolute Gasteiger partial charge is 0.387 e. The highest BCUT2D eigenvalue weighted by Crippen LogP contribution is 2.32. The Morgan fingerprint density at radius 3 is 2.75 bits per heavy atom. The van der Waals surface area contributed by atoms with E-state index in [2.05, 4.69) is 9.72 Å². The third-order valence-electron chi connectivity index (χ3n) is 2.64. The molecule has 1 unspecified atom stereocenters. The minimum absolute atomic E-state index is 0.0989. The lowest BCUT2D eigenvalue weighted by molar-refractivity contribution is -0.0513. The molecule has 7 heteroatoms. The number of benzene rings is 1.